The Hall–Kier alpha value is -3.85. The first-order valence-electron chi connectivity index (χ1n) is 12.0. The predicted molar refractivity (Wildman–Crippen MR) is 142 cm³/mol. The minimum absolute atomic E-state index is 0.0357. The van der Waals surface area contributed by atoms with E-state index in [0.717, 1.165) is 12.6 Å². The first-order valence-corrected chi connectivity index (χ1v) is 12.4. The summed E-state index contributed by atoms with van der Waals surface area (Å²) in [5.74, 6) is -1.29. The second kappa shape index (κ2) is 10.5. The number of hydrogen-bond donors (Lipinski definition) is 0. The van der Waals surface area contributed by atoms with Crippen LogP contribution >= 0.6 is 11.6 Å². The van der Waals surface area contributed by atoms with E-state index in [1.54, 1.807) is 44.4 Å². The Morgan fingerprint density at radius 1 is 1.05 bits per heavy atom. The predicted octanol–water partition coefficient (Wildman–Crippen LogP) is 5.59. The van der Waals surface area contributed by atoms with Gasteiger partial charge in [-0.15, -0.1) is 0 Å². The molecule has 0 aromatic carbocycles. The third-order valence-corrected chi connectivity index (χ3v) is 7.00. The lowest BCUT2D eigenvalue weighted by Gasteiger charge is -2.23. The summed E-state index contributed by atoms with van der Waals surface area (Å²) < 4.78 is 35.5. The van der Waals surface area contributed by atoms with E-state index in [0.29, 0.717) is 34.4 Å². The number of rotatable bonds is 7. The quantitative estimate of drug-likeness (QED) is 0.305. The number of nitrogens with zero attached hydrogens (tertiary/aromatic N) is 4. The molecule has 4 rings (SSSR count). The summed E-state index contributed by atoms with van der Waals surface area (Å²) in [6.45, 7) is 9.18. The summed E-state index contributed by atoms with van der Waals surface area (Å²) in [7, 11) is 0. The molecule has 7 nitrogen and oxygen atoms in total. The third kappa shape index (κ3) is 5.11. The number of aromatic nitrogens is 4. The molecule has 38 heavy (non-hydrogen) atoms. The molecular weight excluding hydrogens is 514 g/mol. The average Bonchev–Trinajstić information content (AvgIpc) is 2.87. The lowest BCUT2D eigenvalue weighted by atomic mass is 9.83. The van der Waals surface area contributed by atoms with Crippen LogP contribution < -0.4 is 15.9 Å². The number of halogens is 3. The maximum absolute atomic E-state index is 13.9. The molecule has 10 heteroatoms. The van der Waals surface area contributed by atoms with Gasteiger partial charge in [0.1, 0.15) is 34.7 Å². The van der Waals surface area contributed by atoms with Gasteiger partial charge in [-0.25, -0.2) is 13.8 Å². The molecule has 0 amide bonds. The van der Waals surface area contributed by atoms with Crippen LogP contribution in [-0.4, -0.2) is 19.1 Å². The average molecular weight is 541 g/mol. The molecule has 0 saturated heterocycles. The topological polar surface area (TPSA) is 79.0 Å². The molecule has 0 fully saturated rings. The van der Waals surface area contributed by atoms with Crippen molar-refractivity contribution < 1.29 is 13.5 Å². The summed E-state index contributed by atoms with van der Waals surface area (Å²) >= 11 is 6.37. The number of ether oxygens (including phenoxy) is 1. The number of hydrogen-bond acceptors (Lipinski definition) is 5. The maximum Gasteiger partial charge on any atom is 0.277 e. The second-order valence-electron chi connectivity index (χ2n) is 9.64. The fourth-order valence-electron chi connectivity index (χ4n) is 4.04. The molecule has 0 aliphatic rings. The highest BCUT2D eigenvalue weighted by atomic mass is 35.5. The zero-order valence-electron chi connectivity index (χ0n) is 21.7. The van der Waals surface area contributed by atoms with Crippen LogP contribution in [0.15, 0.2) is 58.5 Å². The van der Waals surface area contributed by atoms with Gasteiger partial charge in [-0.3, -0.25) is 23.7 Å². The molecule has 0 aliphatic heterocycles. The van der Waals surface area contributed by atoms with Gasteiger partial charge < -0.3 is 4.74 Å². The molecule has 0 saturated carbocycles. The molecular formula is C28H27ClF2N4O3. The van der Waals surface area contributed by atoms with E-state index in [-0.39, 0.29) is 34.0 Å². The molecule has 0 radical (unpaired) electrons. The van der Waals surface area contributed by atoms with Gasteiger partial charge >= 0.3 is 0 Å². The Labute approximate surface area is 223 Å². The Balaban J connectivity index is 1.75. The zero-order chi connectivity index (χ0) is 27.8. The lowest BCUT2D eigenvalue weighted by molar-refractivity contribution is 0.292. The first-order chi connectivity index (χ1) is 17.9. The molecule has 0 bridgehead atoms. The van der Waals surface area contributed by atoms with Gasteiger partial charge in [-0.2, -0.15) is 0 Å². The van der Waals surface area contributed by atoms with Crippen molar-refractivity contribution in [3.05, 3.63) is 109 Å². The van der Waals surface area contributed by atoms with Gasteiger partial charge in [0.25, 0.3) is 11.1 Å². The second-order valence-corrected chi connectivity index (χ2v) is 10.0. The Morgan fingerprint density at radius 3 is 2.47 bits per heavy atom. The smallest absolute Gasteiger partial charge is 0.277 e. The van der Waals surface area contributed by atoms with E-state index in [2.05, 4.69) is 9.97 Å². The highest BCUT2D eigenvalue weighted by Gasteiger charge is 2.23. The molecule has 0 spiro atoms. The Kier molecular flexibility index (Phi) is 7.51. The molecule has 4 aromatic heterocycles. The van der Waals surface area contributed by atoms with Crippen molar-refractivity contribution in [1.29, 1.82) is 0 Å². The van der Waals surface area contributed by atoms with E-state index in [1.807, 2.05) is 26.8 Å². The fourth-order valence-corrected chi connectivity index (χ4v) is 4.23. The Bertz CT molecular complexity index is 1650. The normalized spacial score (nSPS) is 11.6. The zero-order valence-corrected chi connectivity index (χ0v) is 22.4. The van der Waals surface area contributed by atoms with Gasteiger partial charge in [0.2, 0.25) is 0 Å². The minimum atomic E-state index is -0.868. The summed E-state index contributed by atoms with van der Waals surface area (Å²) in [5, 5.41) is -0.222. The number of pyridine rings is 4. The molecule has 0 unspecified atom stereocenters. The van der Waals surface area contributed by atoms with Crippen molar-refractivity contribution in [2.45, 2.75) is 53.1 Å². The first kappa shape index (κ1) is 27.2. The fraction of sp³-hybridized carbons (Fsp3) is 0.286. The molecule has 0 N–H and O–H groups in total. The van der Waals surface area contributed by atoms with Gasteiger partial charge in [0, 0.05) is 41.9 Å². The summed E-state index contributed by atoms with van der Waals surface area (Å²) in [6, 6.07) is 7.51. The van der Waals surface area contributed by atoms with E-state index < -0.39 is 17.2 Å². The van der Waals surface area contributed by atoms with E-state index in [1.165, 1.54) is 9.13 Å². The number of aryl methyl sites for hydroxylation is 2. The van der Waals surface area contributed by atoms with Crippen molar-refractivity contribution in [1.82, 2.24) is 19.1 Å². The largest absolute Gasteiger partial charge is 0.485 e. The van der Waals surface area contributed by atoms with Crippen LogP contribution in [0, 0.1) is 25.5 Å². The standard InChI is InChI=1S/C28H27ClF2N4O3/c1-6-28(4,5)19-8-7-9-34(26(19)36)24-12-22(16(2)13-33-24)35-17(3)10-23(25(29)27(35)37)38-15-21-20(31)11-18(30)14-32-21/h7-14H,6,15H2,1-5H3. The van der Waals surface area contributed by atoms with E-state index in [4.69, 9.17) is 16.3 Å². The van der Waals surface area contributed by atoms with Crippen molar-refractivity contribution in [3.63, 3.8) is 0 Å². The van der Waals surface area contributed by atoms with Gasteiger partial charge in [-0.05, 0) is 37.3 Å². The van der Waals surface area contributed by atoms with Crippen molar-refractivity contribution in [3.8, 4) is 17.3 Å². The van der Waals surface area contributed by atoms with Crippen LogP contribution in [0.1, 0.15) is 49.7 Å². The van der Waals surface area contributed by atoms with E-state index >= 15 is 0 Å². The van der Waals surface area contributed by atoms with Crippen LogP contribution in [0.3, 0.4) is 0 Å². The summed E-state index contributed by atoms with van der Waals surface area (Å²) in [5.41, 5.74) is 1.11. The maximum atomic E-state index is 13.9. The van der Waals surface area contributed by atoms with Crippen LogP contribution in [0.2, 0.25) is 5.02 Å². The highest BCUT2D eigenvalue weighted by Crippen LogP contribution is 2.27. The summed E-state index contributed by atoms with van der Waals surface area (Å²) in [4.78, 5) is 34.8. The van der Waals surface area contributed by atoms with Gasteiger partial charge in [-0.1, -0.05) is 38.4 Å². The van der Waals surface area contributed by atoms with Crippen LogP contribution in [0.4, 0.5) is 8.78 Å². The summed E-state index contributed by atoms with van der Waals surface area (Å²) in [6.07, 6.45) is 4.88. The molecule has 0 aliphatic carbocycles. The van der Waals surface area contributed by atoms with Crippen LogP contribution in [0.25, 0.3) is 11.5 Å². The van der Waals surface area contributed by atoms with Crippen LogP contribution in [0.5, 0.6) is 5.75 Å². The monoisotopic (exact) mass is 540 g/mol. The third-order valence-electron chi connectivity index (χ3n) is 6.66. The van der Waals surface area contributed by atoms with Crippen LogP contribution in [-0.2, 0) is 12.0 Å². The molecule has 198 valence electrons. The van der Waals surface area contributed by atoms with Crippen molar-refractivity contribution in [2.75, 3.05) is 0 Å². The van der Waals surface area contributed by atoms with E-state index in [9.17, 15) is 18.4 Å². The lowest BCUT2D eigenvalue weighted by Crippen LogP contribution is -2.31. The van der Waals surface area contributed by atoms with Crippen molar-refractivity contribution >= 4 is 11.6 Å². The SMILES string of the molecule is CCC(C)(C)c1cccn(-c2cc(-n3c(C)cc(OCc4ncc(F)cc4F)c(Cl)c3=O)c(C)cn2)c1=O. The Morgan fingerprint density at radius 2 is 1.79 bits per heavy atom. The molecule has 0 atom stereocenters. The molecule has 4 heterocycles. The van der Waals surface area contributed by atoms with Gasteiger partial charge in [0.05, 0.1) is 11.9 Å². The van der Waals surface area contributed by atoms with Gasteiger partial charge in [0.15, 0.2) is 5.82 Å². The minimum Gasteiger partial charge on any atom is -0.485 e. The van der Waals surface area contributed by atoms with Crippen molar-refractivity contribution in [2.24, 2.45) is 0 Å². The highest BCUT2D eigenvalue weighted by molar-refractivity contribution is 6.31. The molecule has 4 aromatic rings.